The molecule has 0 aromatic rings. The summed E-state index contributed by atoms with van der Waals surface area (Å²) in [5.74, 6) is 0.102. The smallest absolute Gasteiger partial charge is 0.233 e. The van der Waals surface area contributed by atoms with E-state index in [0.29, 0.717) is 13.0 Å². The first-order chi connectivity index (χ1) is 7.64. The first-order valence-corrected chi connectivity index (χ1v) is 7.20. The van der Waals surface area contributed by atoms with Crippen molar-refractivity contribution in [2.75, 3.05) is 45.2 Å². The highest BCUT2D eigenvalue weighted by atomic mass is 32.2. The minimum atomic E-state index is -3.25. The molecular formula is C9H20N2O4S. The van der Waals surface area contributed by atoms with E-state index in [9.17, 15) is 8.42 Å². The fourth-order valence-electron chi connectivity index (χ4n) is 1.44. The molecule has 0 aromatic carbocycles. The van der Waals surface area contributed by atoms with Crippen molar-refractivity contribution in [2.24, 2.45) is 0 Å². The third-order valence-corrected chi connectivity index (χ3v) is 3.59. The van der Waals surface area contributed by atoms with E-state index in [1.165, 1.54) is 0 Å². The third-order valence-electron chi connectivity index (χ3n) is 2.27. The van der Waals surface area contributed by atoms with Crippen molar-refractivity contribution in [2.45, 2.75) is 13.3 Å². The standard InChI is InChI=1S/C9H20N2O4S/c1-2-9-16(12,13)10-15-8-5-11-3-6-14-7-4-11/h10H,2-9H2,1H3. The Labute approximate surface area is 96.9 Å². The molecule has 1 heterocycles. The molecule has 0 spiro atoms. The molecule has 1 fully saturated rings. The minimum Gasteiger partial charge on any atom is -0.379 e. The Morgan fingerprint density at radius 2 is 2.06 bits per heavy atom. The van der Waals surface area contributed by atoms with Gasteiger partial charge in [-0.25, -0.2) is 8.42 Å². The van der Waals surface area contributed by atoms with Gasteiger partial charge in [-0.2, -0.15) is 0 Å². The second-order valence-corrected chi connectivity index (χ2v) is 5.51. The van der Waals surface area contributed by atoms with Crippen molar-refractivity contribution in [3.05, 3.63) is 0 Å². The van der Waals surface area contributed by atoms with Crippen LogP contribution in [-0.4, -0.2) is 58.5 Å². The molecule has 0 saturated carbocycles. The van der Waals surface area contributed by atoms with Crippen molar-refractivity contribution >= 4 is 10.0 Å². The molecule has 16 heavy (non-hydrogen) atoms. The molecule has 7 heteroatoms. The summed E-state index contributed by atoms with van der Waals surface area (Å²) in [6.45, 7) is 6.13. The first-order valence-electron chi connectivity index (χ1n) is 5.55. The number of morpholine rings is 1. The SMILES string of the molecule is CCCS(=O)(=O)NOCCN1CCOCC1. The number of sulfonamides is 1. The largest absolute Gasteiger partial charge is 0.379 e. The molecule has 1 rings (SSSR count). The summed E-state index contributed by atoms with van der Waals surface area (Å²) >= 11 is 0. The minimum absolute atomic E-state index is 0.102. The predicted octanol–water partition coefficient (Wildman–Crippen LogP) is -0.420. The topological polar surface area (TPSA) is 67.9 Å². The number of nitrogens with one attached hydrogen (secondary N) is 1. The lowest BCUT2D eigenvalue weighted by Gasteiger charge is -2.26. The number of hydrogen-bond donors (Lipinski definition) is 1. The second kappa shape index (κ2) is 7.18. The molecule has 6 nitrogen and oxygen atoms in total. The van der Waals surface area contributed by atoms with Crippen LogP contribution in [0.2, 0.25) is 0 Å². The van der Waals surface area contributed by atoms with E-state index in [4.69, 9.17) is 9.57 Å². The summed E-state index contributed by atoms with van der Waals surface area (Å²) in [6.07, 6.45) is 0.585. The molecule has 0 unspecified atom stereocenters. The van der Waals surface area contributed by atoms with Crippen LogP contribution in [0.15, 0.2) is 0 Å². The second-order valence-electron chi connectivity index (χ2n) is 3.70. The van der Waals surface area contributed by atoms with Crippen LogP contribution >= 0.6 is 0 Å². The molecular weight excluding hydrogens is 232 g/mol. The summed E-state index contributed by atoms with van der Waals surface area (Å²) < 4.78 is 27.6. The summed E-state index contributed by atoms with van der Waals surface area (Å²) in [6, 6.07) is 0. The zero-order chi connectivity index (χ0) is 11.9. The van der Waals surface area contributed by atoms with E-state index >= 15 is 0 Å². The van der Waals surface area contributed by atoms with Crippen molar-refractivity contribution < 1.29 is 18.0 Å². The Morgan fingerprint density at radius 3 is 2.69 bits per heavy atom. The molecule has 96 valence electrons. The van der Waals surface area contributed by atoms with Crippen LogP contribution in [0.1, 0.15) is 13.3 Å². The molecule has 0 bridgehead atoms. The number of rotatable bonds is 7. The average molecular weight is 252 g/mol. The summed E-state index contributed by atoms with van der Waals surface area (Å²) in [4.78, 5) is 9.23. The van der Waals surface area contributed by atoms with Crippen LogP contribution in [0.4, 0.5) is 0 Å². The van der Waals surface area contributed by atoms with Gasteiger partial charge in [-0.1, -0.05) is 11.8 Å². The normalized spacial score (nSPS) is 18.8. The molecule has 1 N–H and O–H groups in total. The van der Waals surface area contributed by atoms with Crippen LogP contribution in [0.25, 0.3) is 0 Å². The monoisotopic (exact) mass is 252 g/mol. The van der Waals surface area contributed by atoms with Gasteiger partial charge in [0.05, 0.1) is 25.6 Å². The summed E-state index contributed by atoms with van der Waals surface area (Å²) in [5.41, 5.74) is 0. The molecule has 1 aliphatic rings. The number of nitrogens with zero attached hydrogens (tertiary/aromatic N) is 1. The van der Waals surface area contributed by atoms with Gasteiger partial charge in [0.25, 0.3) is 0 Å². The van der Waals surface area contributed by atoms with Crippen molar-refractivity contribution in [1.82, 2.24) is 9.79 Å². The lowest BCUT2D eigenvalue weighted by molar-refractivity contribution is 0.0125. The van der Waals surface area contributed by atoms with Gasteiger partial charge in [0.1, 0.15) is 0 Å². The van der Waals surface area contributed by atoms with E-state index in [0.717, 1.165) is 32.8 Å². The third kappa shape index (κ3) is 5.76. The number of ether oxygens (including phenoxy) is 1. The number of hydrogen-bond acceptors (Lipinski definition) is 5. The maximum atomic E-state index is 11.2. The van der Waals surface area contributed by atoms with Crippen LogP contribution in [-0.2, 0) is 19.6 Å². The van der Waals surface area contributed by atoms with E-state index in [2.05, 4.69) is 9.79 Å². The van der Waals surface area contributed by atoms with Gasteiger partial charge in [-0.05, 0) is 6.42 Å². The van der Waals surface area contributed by atoms with E-state index < -0.39 is 10.0 Å². The highest BCUT2D eigenvalue weighted by Gasteiger charge is 2.11. The maximum Gasteiger partial charge on any atom is 0.233 e. The highest BCUT2D eigenvalue weighted by Crippen LogP contribution is 1.95. The fraction of sp³-hybridized carbons (Fsp3) is 1.00. The van der Waals surface area contributed by atoms with Gasteiger partial charge in [0.15, 0.2) is 0 Å². The Kier molecular flexibility index (Phi) is 6.22. The van der Waals surface area contributed by atoms with Crippen LogP contribution in [0.3, 0.4) is 0 Å². The Morgan fingerprint density at radius 1 is 1.38 bits per heavy atom. The van der Waals surface area contributed by atoms with E-state index in [1.54, 1.807) is 0 Å². The highest BCUT2D eigenvalue weighted by molar-refractivity contribution is 7.89. The molecule has 1 aliphatic heterocycles. The van der Waals surface area contributed by atoms with Gasteiger partial charge in [0, 0.05) is 19.6 Å². The van der Waals surface area contributed by atoms with Crippen molar-refractivity contribution in [3.63, 3.8) is 0 Å². The fourth-order valence-corrected chi connectivity index (χ4v) is 2.33. The molecule has 0 aromatic heterocycles. The zero-order valence-corrected chi connectivity index (χ0v) is 10.5. The Hall–Kier alpha value is -0.210. The quantitative estimate of drug-likeness (QED) is 0.492. The first kappa shape index (κ1) is 13.9. The summed E-state index contributed by atoms with van der Waals surface area (Å²) in [5, 5.41) is 0. The Bertz CT molecular complexity index is 275. The molecule has 0 atom stereocenters. The average Bonchev–Trinajstić information content (AvgIpc) is 2.26. The van der Waals surface area contributed by atoms with Crippen LogP contribution in [0, 0.1) is 0 Å². The molecule has 1 saturated heterocycles. The lowest BCUT2D eigenvalue weighted by atomic mass is 10.4. The van der Waals surface area contributed by atoms with Gasteiger partial charge in [-0.3, -0.25) is 9.74 Å². The molecule has 0 aliphatic carbocycles. The predicted molar refractivity (Wildman–Crippen MR) is 60.4 cm³/mol. The van der Waals surface area contributed by atoms with Gasteiger partial charge >= 0.3 is 0 Å². The van der Waals surface area contributed by atoms with Crippen molar-refractivity contribution in [1.29, 1.82) is 0 Å². The maximum absolute atomic E-state index is 11.2. The van der Waals surface area contributed by atoms with Crippen LogP contribution in [0.5, 0.6) is 0 Å². The van der Waals surface area contributed by atoms with Crippen LogP contribution < -0.4 is 4.89 Å². The summed E-state index contributed by atoms with van der Waals surface area (Å²) in [7, 11) is -3.25. The zero-order valence-electron chi connectivity index (χ0n) is 9.65. The lowest BCUT2D eigenvalue weighted by Crippen LogP contribution is -2.39. The van der Waals surface area contributed by atoms with E-state index in [1.807, 2.05) is 6.92 Å². The van der Waals surface area contributed by atoms with E-state index in [-0.39, 0.29) is 5.75 Å². The van der Waals surface area contributed by atoms with Gasteiger partial charge < -0.3 is 4.74 Å². The van der Waals surface area contributed by atoms with Crippen molar-refractivity contribution in [3.8, 4) is 0 Å². The van der Waals surface area contributed by atoms with Gasteiger partial charge in [0.2, 0.25) is 10.0 Å². The molecule has 0 amide bonds. The molecule has 0 radical (unpaired) electrons. The van der Waals surface area contributed by atoms with Gasteiger partial charge in [-0.15, -0.1) is 0 Å². The Balaban J connectivity index is 2.06.